The maximum absolute atomic E-state index is 12.5. The van der Waals surface area contributed by atoms with Gasteiger partial charge in [0.2, 0.25) is 6.79 Å². The number of hydrogen-bond acceptors (Lipinski definition) is 7. The monoisotopic (exact) mass is 486 g/mol. The number of carboxylic acids is 1. The van der Waals surface area contributed by atoms with Gasteiger partial charge in [-0.2, -0.15) is 0 Å². The zero-order valence-corrected chi connectivity index (χ0v) is 21.3. The number of carboxylic acid groups (broad SMARTS) is 1. The average Bonchev–Trinajstić information content (AvgIpc) is 2.79. The van der Waals surface area contributed by atoms with Crippen LogP contribution in [0.1, 0.15) is 123 Å². The van der Waals surface area contributed by atoms with E-state index in [0.29, 0.717) is 25.7 Å². The van der Waals surface area contributed by atoms with E-state index in [1.807, 2.05) is 6.92 Å². The number of carbonyl (C=O) groups excluding carboxylic acids is 3. The molecule has 0 heterocycles. The van der Waals surface area contributed by atoms with Gasteiger partial charge in [-0.1, -0.05) is 78.1 Å². The van der Waals surface area contributed by atoms with Crippen LogP contribution in [-0.2, 0) is 33.4 Å². The molecule has 0 aromatic heterocycles. The van der Waals surface area contributed by atoms with Gasteiger partial charge in [-0.15, -0.1) is 0 Å². The number of unbranched alkanes of at least 4 members (excludes halogenated alkanes) is 10. The third-order valence-corrected chi connectivity index (χ3v) is 5.61. The summed E-state index contributed by atoms with van der Waals surface area (Å²) in [6.07, 6.45) is 13.2. The first-order valence-electron chi connectivity index (χ1n) is 13.1. The molecule has 8 heteroatoms. The quantitative estimate of drug-likeness (QED) is 0.107. The first-order chi connectivity index (χ1) is 16.4. The van der Waals surface area contributed by atoms with Crippen molar-refractivity contribution < 1.29 is 38.5 Å². The summed E-state index contributed by atoms with van der Waals surface area (Å²) in [5.41, 5.74) is 0. The molecule has 8 nitrogen and oxygen atoms in total. The summed E-state index contributed by atoms with van der Waals surface area (Å²) in [7, 11) is 0. The van der Waals surface area contributed by atoms with Crippen LogP contribution < -0.4 is 0 Å². The smallest absolute Gasteiger partial charge is 0.315 e. The molecule has 198 valence electrons. The van der Waals surface area contributed by atoms with Gasteiger partial charge in [0, 0.05) is 19.3 Å². The zero-order valence-electron chi connectivity index (χ0n) is 21.3. The SMILES string of the molecule is CCCCCC(=O)OCOC(=O)C(CCCCCCCCCC(=O)O)COC(=O)CCCCC. The number of hydrogen-bond donors (Lipinski definition) is 1. The van der Waals surface area contributed by atoms with Crippen LogP contribution in [0.2, 0.25) is 0 Å². The van der Waals surface area contributed by atoms with E-state index in [4.69, 9.17) is 19.3 Å². The molecule has 0 rings (SSSR count). The minimum Gasteiger partial charge on any atom is -0.481 e. The Kier molecular flexibility index (Phi) is 21.2. The summed E-state index contributed by atoms with van der Waals surface area (Å²) >= 11 is 0. The highest BCUT2D eigenvalue weighted by atomic mass is 16.7. The van der Waals surface area contributed by atoms with Crippen LogP contribution in [0.25, 0.3) is 0 Å². The molecule has 1 unspecified atom stereocenters. The predicted octanol–water partition coefficient (Wildman–Crippen LogP) is 5.95. The van der Waals surface area contributed by atoms with Gasteiger partial charge in [0.25, 0.3) is 0 Å². The van der Waals surface area contributed by atoms with Crippen molar-refractivity contribution in [3.63, 3.8) is 0 Å². The molecule has 0 bridgehead atoms. The molecular weight excluding hydrogens is 440 g/mol. The molecule has 0 aliphatic heterocycles. The third kappa shape index (κ3) is 20.5. The summed E-state index contributed by atoms with van der Waals surface area (Å²) in [5.74, 6) is -2.55. The number of esters is 3. The normalized spacial score (nSPS) is 11.6. The van der Waals surface area contributed by atoms with Crippen molar-refractivity contribution in [1.29, 1.82) is 0 Å². The summed E-state index contributed by atoms with van der Waals surface area (Å²) in [5, 5.41) is 8.65. The van der Waals surface area contributed by atoms with Crippen LogP contribution in [0.5, 0.6) is 0 Å². The molecule has 0 radical (unpaired) electrons. The van der Waals surface area contributed by atoms with Gasteiger partial charge in [0.05, 0.1) is 5.92 Å². The Morgan fingerprint density at radius 2 is 1.12 bits per heavy atom. The average molecular weight is 487 g/mol. The van der Waals surface area contributed by atoms with Crippen molar-refractivity contribution in [2.24, 2.45) is 5.92 Å². The lowest BCUT2D eigenvalue weighted by Gasteiger charge is -2.16. The topological polar surface area (TPSA) is 116 Å². The predicted molar refractivity (Wildman–Crippen MR) is 129 cm³/mol. The highest BCUT2D eigenvalue weighted by Crippen LogP contribution is 2.16. The van der Waals surface area contributed by atoms with Gasteiger partial charge < -0.3 is 19.3 Å². The van der Waals surface area contributed by atoms with E-state index in [1.54, 1.807) is 0 Å². The van der Waals surface area contributed by atoms with Gasteiger partial charge in [-0.3, -0.25) is 19.2 Å². The summed E-state index contributed by atoms with van der Waals surface area (Å²) < 4.78 is 15.4. The summed E-state index contributed by atoms with van der Waals surface area (Å²) in [4.78, 5) is 46.6. The van der Waals surface area contributed by atoms with Crippen LogP contribution in [-0.4, -0.2) is 42.4 Å². The second-order valence-electron chi connectivity index (χ2n) is 8.80. The fourth-order valence-corrected chi connectivity index (χ4v) is 3.47. The molecule has 0 spiro atoms. The minimum absolute atomic E-state index is 0.0244. The fraction of sp³-hybridized carbons (Fsp3) is 0.846. The van der Waals surface area contributed by atoms with E-state index in [9.17, 15) is 19.2 Å². The molecule has 0 fully saturated rings. The van der Waals surface area contributed by atoms with Crippen molar-refractivity contribution in [1.82, 2.24) is 0 Å². The maximum Gasteiger partial charge on any atom is 0.315 e. The van der Waals surface area contributed by atoms with Gasteiger partial charge >= 0.3 is 23.9 Å². The Labute approximate surface area is 205 Å². The maximum atomic E-state index is 12.5. The van der Waals surface area contributed by atoms with Crippen LogP contribution in [0, 0.1) is 5.92 Å². The molecule has 0 saturated heterocycles. The molecule has 1 atom stereocenters. The van der Waals surface area contributed by atoms with Gasteiger partial charge in [-0.25, -0.2) is 0 Å². The van der Waals surface area contributed by atoms with Gasteiger partial charge in [-0.05, 0) is 25.7 Å². The second-order valence-corrected chi connectivity index (χ2v) is 8.80. The van der Waals surface area contributed by atoms with E-state index in [1.165, 1.54) is 0 Å². The number of ether oxygens (including phenoxy) is 3. The van der Waals surface area contributed by atoms with E-state index in [2.05, 4.69) is 6.92 Å². The van der Waals surface area contributed by atoms with Gasteiger partial charge in [0.1, 0.15) is 6.61 Å². The molecule has 34 heavy (non-hydrogen) atoms. The zero-order chi connectivity index (χ0) is 25.4. The molecule has 0 amide bonds. The number of rotatable bonds is 23. The Morgan fingerprint density at radius 1 is 0.618 bits per heavy atom. The highest BCUT2D eigenvalue weighted by molar-refractivity contribution is 5.74. The van der Waals surface area contributed by atoms with Gasteiger partial charge in [0.15, 0.2) is 0 Å². The Bertz CT molecular complexity index is 561. The Morgan fingerprint density at radius 3 is 1.68 bits per heavy atom. The second kappa shape index (κ2) is 22.7. The minimum atomic E-state index is -0.754. The van der Waals surface area contributed by atoms with E-state index in [0.717, 1.165) is 77.0 Å². The Balaban J connectivity index is 4.31. The Hall–Kier alpha value is -2.12. The van der Waals surface area contributed by atoms with E-state index in [-0.39, 0.29) is 25.0 Å². The summed E-state index contributed by atoms with van der Waals surface area (Å²) in [6.45, 7) is 3.67. The molecule has 0 aliphatic carbocycles. The highest BCUT2D eigenvalue weighted by Gasteiger charge is 2.22. The first kappa shape index (κ1) is 31.9. The van der Waals surface area contributed by atoms with E-state index < -0.39 is 24.6 Å². The first-order valence-corrected chi connectivity index (χ1v) is 13.1. The lowest BCUT2D eigenvalue weighted by molar-refractivity contribution is -0.172. The number of aliphatic carboxylic acids is 1. The molecule has 0 saturated carbocycles. The molecule has 0 aliphatic rings. The van der Waals surface area contributed by atoms with Crippen LogP contribution >= 0.6 is 0 Å². The fourth-order valence-electron chi connectivity index (χ4n) is 3.47. The van der Waals surface area contributed by atoms with Crippen LogP contribution in [0.4, 0.5) is 0 Å². The molecule has 1 N–H and O–H groups in total. The molecular formula is C26H46O8. The molecule has 0 aromatic rings. The van der Waals surface area contributed by atoms with Crippen LogP contribution in [0.15, 0.2) is 0 Å². The van der Waals surface area contributed by atoms with Crippen molar-refractivity contribution >= 4 is 23.9 Å². The van der Waals surface area contributed by atoms with Crippen LogP contribution in [0.3, 0.4) is 0 Å². The lowest BCUT2D eigenvalue weighted by atomic mass is 10.0. The number of carbonyl (C=O) groups is 4. The summed E-state index contributed by atoms with van der Waals surface area (Å²) in [6, 6.07) is 0. The van der Waals surface area contributed by atoms with Crippen molar-refractivity contribution in [3.05, 3.63) is 0 Å². The van der Waals surface area contributed by atoms with Crippen molar-refractivity contribution in [3.8, 4) is 0 Å². The molecule has 0 aromatic carbocycles. The standard InChI is InChI=1S/C26H46O8/c1-3-5-12-18-24(29)32-20-22(16-14-10-8-7-9-11-15-17-23(27)28)26(31)34-21-33-25(30)19-13-6-4-2/h22H,3-21H2,1-2H3,(H,27,28). The lowest BCUT2D eigenvalue weighted by Crippen LogP contribution is -2.26. The van der Waals surface area contributed by atoms with Crippen molar-refractivity contribution in [2.75, 3.05) is 13.4 Å². The largest absolute Gasteiger partial charge is 0.481 e. The van der Waals surface area contributed by atoms with Crippen molar-refractivity contribution in [2.45, 2.75) is 123 Å². The third-order valence-electron chi connectivity index (χ3n) is 5.61. The van der Waals surface area contributed by atoms with E-state index >= 15 is 0 Å².